The van der Waals surface area contributed by atoms with Gasteiger partial charge in [-0.05, 0) is 55.6 Å². The second kappa shape index (κ2) is 8.85. The lowest BCUT2D eigenvalue weighted by atomic mass is 9.97. The lowest BCUT2D eigenvalue weighted by Gasteiger charge is -2.31. The normalized spacial score (nSPS) is 17.9. The highest BCUT2D eigenvalue weighted by Crippen LogP contribution is 2.29. The van der Waals surface area contributed by atoms with Crippen LogP contribution in [0.2, 0.25) is 10.0 Å². The number of hydrogen-bond donors (Lipinski definition) is 0. The molecule has 6 heteroatoms. The van der Waals surface area contributed by atoms with Crippen LogP contribution in [-0.4, -0.2) is 35.5 Å². The standard InChI is InChI=1S/C20H22Cl2N2O2/c1-2-26-20(25)16-4-3-7-24(13-16)12-14-8-17(11-23-10-14)15-5-6-18(21)19(22)9-15/h5-6,8-11,16H,2-4,7,12-13H2,1H3. The predicted octanol–water partition coefficient (Wildman–Crippen LogP) is 4.83. The van der Waals surface area contributed by atoms with Crippen molar-refractivity contribution in [3.8, 4) is 11.1 Å². The van der Waals surface area contributed by atoms with Crippen LogP contribution >= 0.6 is 23.2 Å². The molecule has 2 aromatic rings. The van der Waals surface area contributed by atoms with Gasteiger partial charge in [0.25, 0.3) is 0 Å². The van der Waals surface area contributed by atoms with E-state index < -0.39 is 0 Å². The molecule has 1 fully saturated rings. The monoisotopic (exact) mass is 392 g/mol. The predicted molar refractivity (Wildman–Crippen MR) is 104 cm³/mol. The summed E-state index contributed by atoms with van der Waals surface area (Å²) >= 11 is 12.1. The molecule has 1 saturated heterocycles. The van der Waals surface area contributed by atoms with Crippen molar-refractivity contribution in [2.45, 2.75) is 26.3 Å². The van der Waals surface area contributed by atoms with Crippen molar-refractivity contribution in [2.75, 3.05) is 19.7 Å². The van der Waals surface area contributed by atoms with Crippen molar-refractivity contribution in [1.29, 1.82) is 0 Å². The van der Waals surface area contributed by atoms with Crippen molar-refractivity contribution < 1.29 is 9.53 Å². The van der Waals surface area contributed by atoms with Gasteiger partial charge >= 0.3 is 5.97 Å². The highest BCUT2D eigenvalue weighted by atomic mass is 35.5. The van der Waals surface area contributed by atoms with Crippen LogP contribution in [0, 0.1) is 5.92 Å². The fraction of sp³-hybridized carbons (Fsp3) is 0.400. The molecule has 1 unspecified atom stereocenters. The highest BCUT2D eigenvalue weighted by Gasteiger charge is 2.26. The van der Waals surface area contributed by atoms with E-state index in [2.05, 4.69) is 16.0 Å². The molecule has 3 rings (SSSR count). The summed E-state index contributed by atoms with van der Waals surface area (Å²) in [6.07, 6.45) is 5.59. The van der Waals surface area contributed by atoms with Crippen molar-refractivity contribution >= 4 is 29.2 Å². The number of hydrogen-bond acceptors (Lipinski definition) is 4. The molecule has 2 heterocycles. The van der Waals surface area contributed by atoms with Gasteiger partial charge in [-0.25, -0.2) is 0 Å². The van der Waals surface area contributed by atoms with Crippen molar-refractivity contribution in [3.63, 3.8) is 0 Å². The lowest BCUT2D eigenvalue weighted by molar-refractivity contribution is -0.150. The lowest BCUT2D eigenvalue weighted by Crippen LogP contribution is -2.38. The zero-order valence-corrected chi connectivity index (χ0v) is 16.3. The van der Waals surface area contributed by atoms with E-state index in [1.807, 2.05) is 31.5 Å². The number of nitrogens with zero attached hydrogens (tertiary/aromatic N) is 2. The van der Waals surface area contributed by atoms with Crippen molar-refractivity contribution in [1.82, 2.24) is 9.88 Å². The molecular weight excluding hydrogens is 371 g/mol. The molecule has 1 aliphatic rings. The second-order valence-electron chi connectivity index (χ2n) is 6.54. The third kappa shape index (κ3) is 4.76. The summed E-state index contributed by atoms with van der Waals surface area (Å²) in [5.74, 6) is -0.116. The van der Waals surface area contributed by atoms with Gasteiger partial charge in [-0.2, -0.15) is 0 Å². The number of aromatic nitrogens is 1. The van der Waals surface area contributed by atoms with E-state index in [-0.39, 0.29) is 11.9 Å². The Morgan fingerprint density at radius 3 is 2.85 bits per heavy atom. The molecule has 0 N–H and O–H groups in total. The Hall–Kier alpha value is -1.62. The van der Waals surface area contributed by atoms with E-state index in [4.69, 9.17) is 27.9 Å². The highest BCUT2D eigenvalue weighted by molar-refractivity contribution is 6.42. The molecule has 0 amide bonds. The summed E-state index contributed by atoms with van der Waals surface area (Å²) in [5.41, 5.74) is 3.09. The van der Waals surface area contributed by atoms with E-state index in [0.717, 1.165) is 49.2 Å². The van der Waals surface area contributed by atoms with E-state index in [1.165, 1.54) is 0 Å². The number of ether oxygens (including phenoxy) is 1. The summed E-state index contributed by atoms with van der Waals surface area (Å²) < 4.78 is 5.18. The molecule has 138 valence electrons. The summed E-state index contributed by atoms with van der Waals surface area (Å²) in [4.78, 5) is 18.7. The van der Waals surface area contributed by atoms with Crippen LogP contribution < -0.4 is 0 Å². The molecular formula is C20H22Cl2N2O2. The summed E-state index contributed by atoms with van der Waals surface area (Å²) in [6, 6.07) is 7.69. The Kier molecular flexibility index (Phi) is 6.52. The number of carbonyl (C=O) groups is 1. The van der Waals surface area contributed by atoms with Crippen LogP contribution in [0.5, 0.6) is 0 Å². The van der Waals surface area contributed by atoms with E-state index in [9.17, 15) is 4.79 Å². The molecule has 4 nitrogen and oxygen atoms in total. The van der Waals surface area contributed by atoms with Crippen molar-refractivity contribution in [2.24, 2.45) is 5.92 Å². The molecule has 0 radical (unpaired) electrons. The first-order valence-corrected chi connectivity index (χ1v) is 9.60. The average molecular weight is 393 g/mol. The maximum absolute atomic E-state index is 12.0. The smallest absolute Gasteiger partial charge is 0.310 e. The zero-order valence-electron chi connectivity index (χ0n) is 14.8. The molecule has 0 saturated carbocycles. The van der Waals surface area contributed by atoms with Gasteiger partial charge in [-0.3, -0.25) is 14.7 Å². The fourth-order valence-corrected chi connectivity index (χ4v) is 3.62. The minimum atomic E-state index is -0.0834. The Morgan fingerprint density at radius 2 is 2.08 bits per heavy atom. The van der Waals surface area contributed by atoms with E-state index in [0.29, 0.717) is 16.7 Å². The molecule has 0 aliphatic carbocycles. The third-order valence-corrected chi connectivity index (χ3v) is 5.32. The number of likely N-dealkylation sites (tertiary alicyclic amines) is 1. The van der Waals surface area contributed by atoms with Crippen LogP contribution in [-0.2, 0) is 16.1 Å². The van der Waals surface area contributed by atoms with Gasteiger partial charge in [0, 0.05) is 31.0 Å². The zero-order chi connectivity index (χ0) is 18.5. The summed E-state index contributed by atoms with van der Waals surface area (Å²) in [7, 11) is 0. The van der Waals surface area contributed by atoms with Crippen LogP contribution in [0.4, 0.5) is 0 Å². The van der Waals surface area contributed by atoms with Crippen LogP contribution in [0.1, 0.15) is 25.3 Å². The SMILES string of the molecule is CCOC(=O)C1CCCN(Cc2cncc(-c3ccc(Cl)c(Cl)c3)c2)C1. The average Bonchev–Trinajstić information content (AvgIpc) is 2.65. The molecule has 1 aromatic carbocycles. The molecule has 1 aromatic heterocycles. The largest absolute Gasteiger partial charge is 0.466 e. The minimum absolute atomic E-state index is 0.0325. The number of esters is 1. The Balaban J connectivity index is 1.70. The van der Waals surface area contributed by atoms with Crippen molar-refractivity contribution in [3.05, 3.63) is 52.3 Å². The number of piperidine rings is 1. The first kappa shape index (κ1) is 19.2. The van der Waals surface area contributed by atoms with Gasteiger partial charge in [0.05, 0.1) is 22.6 Å². The van der Waals surface area contributed by atoms with Gasteiger partial charge in [0.1, 0.15) is 0 Å². The minimum Gasteiger partial charge on any atom is -0.466 e. The molecule has 26 heavy (non-hydrogen) atoms. The molecule has 0 spiro atoms. The number of halogens is 2. The first-order valence-electron chi connectivity index (χ1n) is 8.85. The quantitative estimate of drug-likeness (QED) is 0.683. The van der Waals surface area contributed by atoms with Gasteiger partial charge in [0.15, 0.2) is 0 Å². The Morgan fingerprint density at radius 1 is 1.23 bits per heavy atom. The second-order valence-corrected chi connectivity index (χ2v) is 7.35. The number of carbonyl (C=O) groups excluding carboxylic acids is 1. The van der Waals surface area contributed by atoms with Crippen LogP contribution in [0.25, 0.3) is 11.1 Å². The number of rotatable bonds is 5. The fourth-order valence-electron chi connectivity index (χ4n) is 3.32. The first-order chi connectivity index (χ1) is 12.6. The Labute approximate surface area is 164 Å². The van der Waals surface area contributed by atoms with Gasteiger partial charge < -0.3 is 4.74 Å². The van der Waals surface area contributed by atoms with E-state index >= 15 is 0 Å². The maximum atomic E-state index is 12.0. The van der Waals surface area contributed by atoms with Crippen LogP contribution in [0.3, 0.4) is 0 Å². The van der Waals surface area contributed by atoms with E-state index in [1.54, 1.807) is 6.07 Å². The number of benzene rings is 1. The molecule has 0 bridgehead atoms. The molecule has 1 aliphatic heterocycles. The maximum Gasteiger partial charge on any atom is 0.310 e. The van der Waals surface area contributed by atoms with Gasteiger partial charge in [0.2, 0.25) is 0 Å². The third-order valence-electron chi connectivity index (χ3n) is 4.58. The molecule has 1 atom stereocenters. The summed E-state index contributed by atoms with van der Waals surface area (Å²) in [6.45, 7) is 4.75. The van der Waals surface area contributed by atoms with Gasteiger partial charge in [-0.15, -0.1) is 0 Å². The summed E-state index contributed by atoms with van der Waals surface area (Å²) in [5, 5.41) is 1.07. The number of pyridine rings is 1. The Bertz CT molecular complexity index is 782. The van der Waals surface area contributed by atoms with Crippen LogP contribution in [0.15, 0.2) is 36.7 Å². The topological polar surface area (TPSA) is 42.4 Å². The van der Waals surface area contributed by atoms with Gasteiger partial charge in [-0.1, -0.05) is 29.3 Å².